The zero-order chi connectivity index (χ0) is 17.8. The van der Waals surface area contributed by atoms with Crippen LogP contribution < -0.4 is 5.32 Å². The summed E-state index contributed by atoms with van der Waals surface area (Å²) < 4.78 is 0. The Kier molecular flexibility index (Phi) is 5.43. The molecular weight excluding hydrogens is 326 g/mol. The lowest BCUT2D eigenvalue weighted by atomic mass is 10.2. The fraction of sp³-hybridized carbons (Fsp3) is 0.500. The Balaban J connectivity index is 1.29. The van der Waals surface area contributed by atoms with E-state index < -0.39 is 0 Å². The third-order valence-corrected chi connectivity index (χ3v) is 5.35. The van der Waals surface area contributed by atoms with E-state index in [2.05, 4.69) is 37.2 Å². The summed E-state index contributed by atoms with van der Waals surface area (Å²) in [6.07, 6.45) is 6.04. The maximum atomic E-state index is 10.4. The molecule has 6 nitrogen and oxygen atoms in total. The van der Waals surface area contributed by atoms with E-state index >= 15 is 0 Å². The van der Waals surface area contributed by atoms with Gasteiger partial charge in [0, 0.05) is 50.2 Å². The number of aliphatic hydroxyl groups is 1. The van der Waals surface area contributed by atoms with Crippen LogP contribution in [0.2, 0.25) is 0 Å². The fourth-order valence-corrected chi connectivity index (χ4v) is 3.97. The zero-order valence-corrected chi connectivity index (χ0v) is 15.1. The Morgan fingerprint density at radius 2 is 1.73 bits per heavy atom. The average molecular weight is 353 g/mol. The van der Waals surface area contributed by atoms with Crippen LogP contribution in [0.3, 0.4) is 0 Å². The molecule has 0 radical (unpaired) electrons. The Labute approximate surface area is 154 Å². The van der Waals surface area contributed by atoms with Crippen molar-refractivity contribution in [2.75, 3.05) is 31.5 Å². The largest absolute Gasteiger partial charge is 0.390 e. The number of nitrogens with one attached hydrogen (secondary N) is 1. The number of hydrogen-bond donors (Lipinski definition) is 2. The second kappa shape index (κ2) is 8.12. The number of hydrogen-bond acceptors (Lipinski definition) is 6. The molecule has 0 saturated carbocycles. The van der Waals surface area contributed by atoms with Gasteiger partial charge >= 0.3 is 0 Å². The molecule has 1 aromatic carbocycles. The number of benzene rings is 1. The summed E-state index contributed by atoms with van der Waals surface area (Å²) in [4.78, 5) is 13.6. The third-order valence-electron chi connectivity index (χ3n) is 5.35. The van der Waals surface area contributed by atoms with Crippen LogP contribution in [0.5, 0.6) is 0 Å². The predicted molar refractivity (Wildman–Crippen MR) is 102 cm³/mol. The average Bonchev–Trinajstić information content (AvgIpc) is 3.32. The minimum Gasteiger partial charge on any atom is -0.390 e. The quantitative estimate of drug-likeness (QED) is 0.825. The summed E-state index contributed by atoms with van der Waals surface area (Å²) in [6, 6.07) is 10.5. The standard InChI is InChI=1S/C20H27N5O/c26-19-15-24(14-18(19)25-8-4-5-9-25)13-17-11-22-20(23-12-17)21-10-16-6-2-1-3-7-16/h1-3,6-7,11-12,18-19,26H,4-5,8-10,13-15H2,(H,21,22,23)/t18-,19-/m0/s1. The van der Waals surface area contributed by atoms with E-state index in [0.29, 0.717) is 5.95 Å². The molecule has 1 aromatic heterocycles. The molecule has 0 bridgehead atoms. The van der Waals surface area contributed by atoms with Gasteiger partial charge in [0.05, 0.1) is 6.10 Å². The van der Waals surface area contributed by atoms with Crippen molar-refractivity contribution in [3.63, 3.8) is 0 Å². The van der Waals surface area contributed by atoms with Crippen molar-refractivity contribution in [1.82, 2.24) is 19.8 Å². The van der Waals surface area contributed by atoms with Crippen molar-refractivity contribution in [1.29, 1.82) is 0 Å². The van der Waals surface area contributed by atoms with Crippen LogP contribution in [-0.4, -0.2) is 63.2 Å². The van der Waals surface area contributed by atoms with Crippen molar-refractivity contribution >= 4 is 5.95 Å². The molecule has 4 rings (SSSR count). The van der Waals surface area contributed by atoms with Crippen LogP contribution in [0, 0.1) is 0 Å². The molecular formula is C20H27N5O. The molecule has 2 saturated heterocycles. The van der Waals surface area contributed by atoms with Gasteiger partial charge in [-0.25, -0.2) is 9.97 Å². The van der Waals surface area contributed by atoms with Crippen LogP contribution in [0.1, 0.15) is 24.0 Å². The first-order valence-electron chi connectivity index (χ1n) is 9.51. The number of β-amino-alcohol motifs (C(OH)–C–C–N with tert-alkyl or cyclic N) is 1. The normalized spacial score (nSPS) is 24.2. The van der Waals surface area contributed by atoms with Gasteiger partial charge in [-0.2, -0.15) is 0 Å². The molecule has 26 heavy (non-hydrogen) atoms. The topological polar surface area (TPSA) is 64.5 Å². The second-order valence-corrected chi connectivity index (χ2v) is 7.33. The maximum absolute atomic E-state index is 10.4. The van der Waals surface area contributed by atoms with E-state index in [1.165, 1.54) is 18.4 Å². The first-order chi connectivity index (χ1) is 12.8. The molecule has 2 N–H and O–H groups in total. The van der Waals surface area contributed by atoms with Crippen molar-refractivity contribution in [2.45, 2.75) is 38.1 Å². The molecule has 0 unspecified atom stereocenters. The van der Waals surface area contributed by atoms with E-state index in [0.717, 1.165) is 44.8 Å². The lowest BCUT2D eigenvalue weighted by Crippen LogP contribution is -2.41. The fourth-order valence-electron chi connectivity index (χ4n) is 3.97. The van der Waals surface area contributed by atoms with Gasteiger partial charge in [-0.05, 0) is 31.5 Å². The highest BCUT2D eigenvalue weighted by molar-refractivity contribution is 5.28. The Morgan fingerprint density at radius 3 is 2.46 bits per heavy atom. The summed E-state index contributed by atoms with van der Waals surface area (Å²) in [5.41, 5.74) is 2.30. The lowest BCUT2D eigenvalue weighted by molar-refractivity contribution is 0.0978. The molecule has 3 heterocycles. The van der Waals surface area contributed by atoms with Gasteiger partial charge in [0.15, 0.2) is 0 Å². The van der Waals surface area contributed by atoms with Crippen LogP contribution >= 0.6 is 0 Å². The number of anilines is 1. The van der Waals surface area contributed by atoms with E-state index in [1.54, 1.807) is 0 Å². The zero-order valence-electron chi connectivity index (χ0n) is 15.1. The van der Waals surface area contributed by atoms with E-state index in [-0.39, 0.29) is 12.1 Å². The molecule has 6 heteroatoms. The summed E-state index contributed by atoms with van der Waals surface area (Å²) in [6.45, 7) is 5.42. The molecule has 0 amide bonds. The molecule has 138 valence electrons. The van der Waals surface area contributed by atoms with Gasteiger partial charge in [0.1, 0.15) is 0 Å². The van der Waals surface area contributed by atoms with Crippen molar-refractivity contribution in [3.05, 3.63) is 53.9 Å². The van der Waals surface area contributed by atoms with Gasteiger partial charge in [-0.15, -0.1) is 0 Å². The number of likely N-dealkylation sites (tertiary alicyclic amines) is 2. The van der Waals surface area contributed by atoms with Crippen LogP contribution in [0.25, 0.3) is 0 Å². The Morgan fingerprint density at radius 1 is 1.00 bits per heavy atom. The summed E-state index contributed by atoms with van der Waals surface area (Å²) >= 11 is 0. The van der Waals surface area contributed by atoms with E-state index in [9.17, 15) is 5.11 Å². The molecule has 2 aromatic rings. The van der Waals surface area contributed by atoms with Crippen molar-refractivity contribution in [2.24, 2.45) is 0 Å². The predicted octanol–water partition coefficient (Wildman–Crippen LogP) is 1.73. The molecule has 0 aliphatic carbocycles. The first-order valence-corrected chi connectivity index (χ1v) is 9.51. The minimum atomic E-state index is -0.249. The van der Waals surface area contributed by atoms with Crippen LogP contribution in [-0.2, 0) is 13.1 Å². The second-order valence-electron chi connectivity index (χ2n) is 7.33. The highest BCUT2D eigenvalue weighted by atomic mass is 16.3. The number of aromatic nitrogens is 2. The van der Waals surface area contributed by atoms with Crippen molar-refractivity contribution < 1.29 is 5.11 Å². The lowest BCUT2D eigenvalue weighted by Gasteiger charge is -2.25. The monoisotopic (exact) mass is 353 g/mol. The summed E-state index contributed by atoms with van der Waals surface area (Å²) in [5, 5.41) is 13.6. The Hall–Kier alpha value is -2.02. The first kappa shape index (κ1) is 17.4. The smallest absolute Gasteiger partial charge is 0.222 e. The van der Waals surface area contributed by atoms with Crippen molar-refractivity contribution in [3.8, 4) is 0 Å². The van der Waals surface area contributed by atoms with Gasteiger partial charge < -0.3 is 10.4 Å². The molecule has 2 aliphatic rings. The van der Waals surface area contributed by atoms with E-state index in [4.69, 9.17) is 0 Å². The third kappa shape index (κ3) is 4.20. The highest BCUT2D eigenvalue weighted by Crippen LogP contribution is 2.22. The molecule has 0 spiro atoms. The SMILES string of the molecule is O[C@H]1CN(Cc2cnc(NCc3ccccc3)nc2)C[C@@H]1N1CCCC1. The van der Waals surface area contributed by atoms with Crippen LogP contribution in [0.15, 0.2) is 42.7 Å². The molecule has 2 aliphatic heterocycles. The Bertz CT molecular complexity index is 687. The number of aliphatic hydroxyl groups excluding tert-OH is 1. The summed E-state index contributed by atoms with van der Waals surface area (Å²) in [5.74, 6) is 0.647. The number of rotatable bonds is 6. The highest BCUT2D eigenvalue weighted by Gasteiger charge is 2.36. The van der Waals surface area contributed by atoms with Crippen LogP contribution in [0.4, 0.5) is 5.95 Å². The maximum Gasteiger partial charge on any atom is 0.222 e. The van der Waals surface area contributed by atoms with Gasteiger partial charge in [0.25, 0.3) is 0 Å². The minimum absolute atomic E-state index is 0.249. The van der Waals surface area contributed by atoms with Gasteiger partial charge in [-0.3, -0.25) is 9.80 Å². The van der Waals surface area contributed by atoms with E-state index in [1.807, 2.05) is 30.6 Å². The molecule has 2 atom stereocenters. The van der Waals surface area contributed by atoms with Gasteiger partial charge in [0.2, 0.25) is 5.95 Å². The van der Waals surface area contributed by atoms with Gasteiger partial charge in [-0.1, -0.05) is 30.3 Å². The summed E-state index contributed by atoms with van der Waals surface area (Å²) in [7, 11) is 0. The molecule has 2 fully saturated rings. The number of nitrogens with zero attached hydrogens (tertiary/aromatic N) is 4.